The minimum atomic E-state index is -0.00506. The van der Waals surface area contributed by atoms with Crippen LogP contribution in [0.25, 0.3) is 0 Å². The molecule has 0 saturated heterocycles. The first-order valence-corrected chi connectivity index (χ1v) is 6.31. The van der Waals surface area contributed by atoms with Crippen molar-refractivity contribution < 1.29 is 14.7 Å². The molecule has 2 aromatic carbocycles. The van der Waals surface area contributed by atoms with Gasteiger partial charge in [0.15, 0.2) is 0 Å². The van der Waals surface area contributed by atoms with Crippen LogP contribution in [-0.4, -0.2) is 24.5 Å². The van der Waals surface area contributed by atoms with Gasteiger partial charge in [-0.25, -0.2) is 0 Å². The van der Waals surface area contributed by atoms with Gasteiger partial charge in [0.25, 0.3) is 0 Å². The summed E-state index contributed by atoms with van der Waals surface area (Å²) in [5.41, 5.74) is 2.47. The molecule has 4 heteroatoms. The zero-order valence-corrected chi connectivity index (χ0v) is 11.3. The van der Waals surface area contributed by atoms with Gasteiger partial charge in [0.1, 0.15) is 25.2 Å². The lowest BCUT2D eigenvalue weighted by atomic mass is 10.1. The molecule has 0 fully saturated rings. The van der Waals surface area contributed by atoms with E-state index in [9.17, 15) is 0 Å². The molecular weight excluding hydrogens is 254 g/mol. The molecule has 0 spiro atoms. The standard InChI is InChI=1S/C16H17NO3/c1-19-17-16(14-7-3-2-4-8-14)12-20-15-9-5-6-13(10-15)11-18/h2-10,18H,11-12H2,1H3. The third-order valence-electron chi connectivity index (χ3n) is 2.77. The molecule has 0 aliphatic rings. The van der Waals surface area contributed by atoms with Gasteiger partial charge in [0.2, 0.25) is 0 Å². The highest BCUT2D eigenvalue weighted by atomic mass is 16.6. The van der Waals surface area contributed by atoms with Crippen molar-refractivity contribution >= 4 is 5.71 Å². The van der Waals surface area contributed by atoms with Crippen LogP contribution in [0.2, 0.25) is 0 Å². The summed E-state index contributed by atoms with van der Waals surface area (Å²) in [6, 6.07) is 17.0. The molecule has 0 aliphatic heterocycles. The smallest absolute Gasteiger partial charge is 0.134 e. The van der Waals surface area contributed by atoms with Crippen molar-refractivity contribution in [1.82, 2.24) is 0 Å². The number of hydrogen-bond acceptors (Lipinski definition) is 4. The van der Waals surface area contributed by atoms with Crippen LogP contribution in [0.3, 0.4) is 0 Å². The van der Waals surface area contributed by atoms with E-state index in [1.54, 1.807) is 6.07 Å². The number of hydrogen-bond donors (Lipinski definition) is 1. The summed E-state index contributed by atoms with van der Waals surface area (Å²) in [4.78, 5) is 4.86. The highest BCUT2D eigenvalue weighted by Crippen LogP contribution is 2.14. The second kappa shape index (κ2) is 7.31. The second-order valence-corrected chi connectivity index (χ2v) is 4.18. The monoisotopic (exact) mass is 271 g/mol. The SMILES string of the molecule is CON=C(COc1cccc(CO)c1)c1ccccc1. The van der Waals surface area contributed by atoms with Gasteiger partial charge in [-0.1, -0.05) is 47.6 Å². The Kier molecular flexibility index (Phi) is 5.15. The van der Waals surface area contributed by atoms with Gasteiger partial charge in [-0.05, 0) is 17.7 Å². The molecule has 0 aliphatic carbocycles. The molecule has 4 nitrogen and oxygen atoms in total. The van der Waals surface area contributed by atoms with E-state index in [1.807, 2.05) is 48.5 Å². The Hall–Kier alpha value is -2.33. The van der Waals surface area contributed by atoms with E-state index in [1.165, 1.54) is 7.11 Å². The lowest BCUT2D eigenvalue weighted by Gasteiger charge is -2.09. The molecular formula is C16H17NO3. The number of ether oxygens (including phenoxy) is 1. The average Bonchev–Trinajstić information content (AvgIpc) is 2.52. The molecule has 0 unspecified atom stereocenters. The Morgan fingerprint density at radius 2 is 1.90 bits per heavy atom. The molecule has 0 bridgehead atoms. The van der Waals surface area contributed by atoms with Gasteiger partial charge in [-0.15, -0.1) is 0 Å². The number of nitrogens with zero attached hydrogens (tertiary/aromatic N) is 1. The number of aliphatic hydroxyl groups is 1. The second-order valence-electron chi connectivity index (χ2n) is 4.18. The molecule has 104 valence electrons. The molecule has 0 atom stereocenters. The number of rotatable bonds is 6. The molecule has 0 saturated carbocycles. The van der Waals surface area contributed by atoms with E-state index in [-0.39, 0.29) is 6.61 Å². The summed E-state index contributed by atoms with van der Waals surface area (Å²) in [7, 11) is 1.51. The first-order chi connectivity index (χ1) is 9.83. The highest BCUT2D eigenvalue weighted by molar-refractivity contribution is 6.01. The Bertz CT molecular complexity index is 567. The van der Waals surface area contributed by atoms with Crippen LogP contribution in [0.1, 0.15) is 11.1 Å². The Morgan fingerprint density at radius 3 is 2.60 bits per heavy atom. The van der Waals surface area contributed by atoms with Crippen LogP contribution >= 0.6 is 0 Å². The summed E-state index contributed by atoms with van der Waals surface area (Å²) < 4.78 is 5.70. The normalized spacial score (nSPS) is 11.2. The third kappa shape index (κ3) is 3.83. The first-order valence-electron chi connectivity index (χ1n) is 6.31. The summed E-state index contributed by atoms with van der Waals surface area (Å²) in [6.45, 7) is 0.293. The van der Waals surface area contributed by atoms with Crippen molar-refractivity contribution in [3.8, 4) is 5.75 Å². The van der Waals surface area contributed by atoms with Gasteiger partial charge in [-0.2, -0.15) is 0 Å². The van der Waals surface area contributed by atoms with Gasteiger partial charge in [-0.3, -0.25) is 0 Å². The lowest BCUT2D eigenvalue weighted by Crippen LogP contribution is -2.13. The zero-order valence-electron chi connectivity index (χ0n) is 11.3. The fourth-order valence-corrected chi connectivity index (χ4v) is 1.79. The number of oxime groups is 1. The maximum atomic E-state index is 9.10. The minimum Gasteiger partial charge on any atom is -0.487 e. The molecule has 2 aromatic rings. The predicted molar refractivity (Wildman–Crippen MR) is 77.8 cm³/mol. The van der Waals surface area contributed by atoms with Crippen LogP contribution in [0.15, 0.2) is 59.8 Å². The van der Waals surface area contributed by atoms with Gasteiger partial charge in [0, 0.05) is 5.56 Å². The van der Waals surface area contributed by atoms with Crippen molar-refractivity contribution in [1.29, 1.82) is 0 Å². The van der Waals surface area contributed by atoms with Crippen LogP contribution < -0.4 is 4.74 Å². The summed E-state index contributed by atoms with van der Waals surface area (Å²) in [6.07, 6.45) is 0. The fourth-order valence-electron chi connectivity index (χ4n) is 1.79. The van der Waals surface area contributed by atoms with Crippen LogP contribution in [0.5, 0.6) is 5.75 Å². The van der Waals surface area contributed by atoms with Gasteiger partial charge < -0.3 is 14.7 Å². The molecule has 2 rings (SSSR count). The summed E-state index contributed by atoms with van der Waals surface area (Å²) >= 11 is 0. The zero-order chi connectivity index (χ0) is 14.2. The molecule has 0 aromatic heterocycles. The number of benzene rings is 2. The molecule has 20 heavy (non-hydrogen) atoms. The topological polar surface area (TPSA) is 51.0 Å². The quantitative estimate of drug-likeness (QED) is 0.649. The van der Waals surface area contributed by atoms with Crippen molar-refractivity contribution in [2.24, 2.45) is 5.16 Å². The maximum Gasteiger partial charge on any atom is 0.134 e. The first kappa shape index (κ1) is 14.1. The Balaban J connectivity index is 2.08. The van der Waals surface area contributed by atoms with Gasteiger partial charge in [0.05, 0.1) is 6.61 Å². The lowest BCUT2D eigenvalue weighted by molar-refractivity contribution is 0.210. The predicted octanol–water partition coefficient (Wildman–Crippen LogP) is 2.61. The highest BCUT2D eigenvalue weighted by Gasteiger charge is 2.06. The largest absolute Gasteiger partial charge is 0.487 e. The van der Waals surface area contributed by atoms with Crippen molar-refractivity contribution in [2.75, 3.05) is 13.7 Å². The van der Waals surface area contributed by atoms with E-state index < -0.39 is 0 Å². The Morgan fingerprint density at radius 1 is 1.10 bits per heavy atom. The van der Waals surface area contributed by atoms with E-state index in [4.69, 9.17) is 14.7 Å². The molecule has 0 radical (unpaired) electrons. The maximum absolute atomic E-state index is 9.10. The van der Waals surface area contributed by atoms with E-state index in [2.05, 4.69) is 5.16 Å². The van der Waals surface area contributed by atoms with Crippen molar-refractivity contribution in [2.45, 2.75) is 6.61 Å². The third-order valence-corrected chi connectivity index (χ3v) is 2.77. The van der Waals surface area contributed by atoms with Crippen molar-refractivity contribution in [3.63, 3.8) is 0 Å². The van der Waals surface area contributed by atoms with Crippen molar-refractivity contribution in [3.05, 3.63) is 65.7 Å². The number of aliphatic hydroxyl groups excluding tert-OH is 1. The summed E-state index contributed by atoms with van der Waals surface area (Å²) in [5.74, 6) is 0.691. The van der Waals surface area contributed by atoms with Crippen LogP contribution in [0, 0.1) is 0 Å². The molecule has 1 N–H and O–H groups in total. The minimum absolute atomic E-state index is 0.00506. The summed E-state index contributed by atoms with van der Waals surface area (Å²) in [5, 5.41) is 13.1. The van der Waals surface area contributed by atoms with Gasteiger partial charge >= 0.3 is 0 Å². The molecule has 0 heterocycles. The molecule has 0 amide bonds. The average molecular weight is 271 g/mol. The van der Waals surface area contributed by atoms with Crippen LogP contribution in [-0.2, 0) is 11.4 Å². The van der Waals surface area contributed by atoms with Crippen LogP contribution in [0.4, 0.5) is 0 Å². The Labute approximate surface area is 118 Å². The van der Waals surface area contributed by atoms with E-state index >= 15 is 0 Å². The van der Waals surface area contributed by atoms with E-state index in [0.717, 1.165) is 11.1 Å². The van der Waals surface area contributed by atoms with E-state index in [0.29, 0.717) is 18.1 Å². The fraction of sp³-hybridized carbons (Fsp3) is 0.188.